The van der Waals surface area contributed by atoms with E-state index in [1.807, 2.05) is 12.1 Å². The van der Waals surface area contributed by atoms with Crippen molar-refractivity contribution in [2.75, 3.05) is 18.5 Å². The van der Waals surface area contributed by atoms with Crippen molar-refractivity contribution >= 4 is 5.69 Å². The number of hydrogen-bond acceptors (Lipinski definition) is 4. The van der Waals surface area contributed by atoms with Gasteiger partial charge >= 0.3 is 0 Å². The molecule has 0 saturated carbocycles. The second-order valence-electron chi connectivity index (χ2n) is 5.47. The molecule has 4 heteroatoms. The largest absolute Gasteiger partial charge is 0.467 e. The molecule has 0 amide bonds. The Morgan fingerprint density at radius 2 is 2.14 bits per heavy atom. The van der Waals surface area contributed by atoms with Crippen LogP contribution in [0.25, 0.3) is 0 Å². The van der Waals surface area contributed by atoms with Gasteiger partial charge in [-0.15, -0.1) is 0 Å². The molecule has 1 heterocycles. The lowest BCUT2D eigenvalue weighted by molar-refractivity contribution is 0.0282. The van der Waals surface area contributed by atoms with Crippen molar-refractivity contribution in [1.82, 2.24) is 0 Å². The summed E-state index contributed by atoms with van der Waals surface area (Å²) in [5.41, 5.74) is 3.96. The molecule has 1 aliphatic carbocycles. The Morgan fingerprint density at radius 1 is 1.24 bits per heavy atom. The van der Waals surface area contributed by atoms with Crippen molar-refractivity contribution in [3.8, 4) is 0 Å². The highest BCUT2D eigenvalue weighted by molar-refractivity contribution is 5.50. The number of benzene rings is 1. The molecule has 2 N–H and O–H groups in total. The molecule has 2 aromatic rings. The SMILES string of the molecule is OC(CNc1ccc2c(c1)CCC2)COCc1ccco1. The molecule has 0 aliphatic heterocycles. The maximum Gasteiger partial charge on any atom is 0.129 e. The number of hydrogen-bond donors (Lipinski definition) is 2. The molecule has 1 unspecified atom stereocenters. The van der Waals surface area contributed by atoms with Crippen LogP contribution in [0.4, 0.5) is 5.69 Å². The fraction of sp³-hybridized carbons (Fsp3) is 0.412. The molecule has 0 spiro atoms. The predicted octanol–water partition coefficient (Wildman–Crippen LogP) is 2.76. The van der Waals surface area contributed by atoms with E-state index in [2.05, 4.69) is 23.5 Å². The number of aliphatic hydroxyl groups excluding tert-OH is 1. The van der Waals surface area contributed by atoms with Crippen LogP contribution in [-0.4, -0.2) is 24.4 Å². The molecule has 112 valence electrons. The highest BCUT2D eigenvalue weighted by Gasteiger charge is 2.11. The maximum absolute atomic E-state index is 9.91. The zero-order valence-corrected chi connectivity index (χ0v) is 12.0. The molecular weight excluding hydrogens is 266 g/mol. The second-order valence-corrected chi connectivity index (χ2v) is 5.47. The van der Waals surface area contributed by atoms with Crippen LogP contribution in [0.2, 0.25) is 0 Å². The first-order valence-electron chi connectivity index (χ1n) is 7.45. The number of ether oxygens (including phenoxy) is 1. The van der Waals surface area contributed by atoms with Crippen molar-refractivity contribution in [3.63, 3.8) is 0 Å². The molecule has 4 nitrogen and oxygen atoms in total. The summed E-state index contributed by atoms with van der Waals surface area (Å²) >= 11 is 0. The van der Waals surface area contributed by atoms with Gasteiger partial charge in [0.25, 0.3) is 0 Å². The van der Waals surface area contributed by atoms with Gasteiger partial charge in [-0.3, -0.25) is 0 Å². The van der Waals surface area contributed by atoms with Crippen molar-refractivity contribution in [1.29, 1.82) is 0 Å². The summed E-state index contributed by atoms with van der Waals surface area (Å²) in [5, 5.41) is 13.2. The molecule has 1 aromatic heterocycles. The van der Waals surface area contributed by atoms with E-state index in [-0.39, 0.29) is 0 Å². The van der Waals surface area contributed by atoms with Gasteiger partial charge in [0.05, 0.1) is 19.0 Å². The minimum atomic E-state index is -0.534. The number of anilines is 1. The third kappa shape index (κ3) is 3.86. The molecular formula is C17H21NO3. The summed E-state index contributed by atoms with van der Waals surface area (Å²) in [6, 6.07) is 10.1. The molecule has 1 atom stereocenters. The van der Waals surface area contributed by atoms with Gasteiger partial charge in [-0.1, -0.05) is 6.07 Å². The molecule has 0 fully saturated rings. The normalized spacial score (nSPS) is 14.9. The zero-order chi connectivity index (χ0) is 14.5. The van der Waals surface area contributed by atoms with Crippen molar-refractivity contribution in [2.24, 2.45) is 0 Å². The first-order chi connectivity index (χ1) is 10.3. The Labute approximate surface area is 124 Å². The van der Waals surface area contributed by atoms with Crippen molar-refractivity contribution < 1.29 is 14.3 Å². The molecule has 3 rings (SSSR count). The summed E-state index contributed by atoms with van der Waals surface area (Å²) in [6.45, 7) is 1.17. The first kappa shape index (κ1) is 14.2. The monoisotopic (exact) mass is 287 g/mol. The van der Waals surface area contributed by atoms with E-state index in [4.69, 9.17) is 9.15 Å². The van der Waals surface area contributed by atoms with E-state index in [0.29, 0.717) is 19.8 Å². The van der Waals surface area contributed by atoms with E-state index < -0.39 is 6.10 Å². The van der Waals surface area contributed by atoms with Crippen LogP contribution in [0.5, 0.6) is 0 Å². The van der Waals surface area contributed by atoms with Crippen LogP contribution in [0.3, 0.4) is 0 Å². The third-order valence-electron chi connectivity index (χ3n) is 3.77. The Kier molecular flexibility index (Phi) is 4.58. The predicted molar refractivity (Wildman–Crippen MR) is 81.3 cm³/mol. The third-order valence-corrected chi connectivity index (χ3v) is 3.77. The number of aliphatic hydroxyl groups is 1. The number of rotatable bonds is 7. The number of fused-ring (bicyclic) bond motifs is 1. The quantitative estimate of drug-likeness (QED) is 0.822. The van der Waals surface area contributed by atoms with Crippen LogP contribution in [0.15, 0.2) is 41.0 Å². The second kappa shape index (κ2) is 6.78. The lowest BCUT2D eigenvalue weighted by Crippen LogP contribution is -2.24. The number of furan rings is 1. The molecule has 21 heavy (non-hydrogen) atoms. The fourth-order valence-electron chi connectivity index (χ4n) is 2.67. The van der Waals surface area contributed by atoms with Gasteiger partial charge < -0.3 is 19.6 Å². The minimum Gasteiger partial charge on any atom is -0.467 e. The summed E-state index contributed by atoms with van der Waals surface area (Å²) in [5.74, 6) is 0.772. The van der Waals surface area contributed by atoms with Crippen LogP contribution in [0, 0.1) is 0 Å². The van der Waals surface area contributed by atoms with Crippen LogP contribution in [0.1, 0.15) is 23.3 Å². The molecule has 0 radical (unpaired) electrons. The van der Waals surface area contributed by atoms with Gasteiger partial charge in [0, 0.05) is 12.2 Å². The van der Waals surface area contributed by atoms with E-state index in [1.165, 1.54) is 30.4 Å². The van der Waals surface area contributed by atoms with Crippen LogP contribution < -0.4 is 5.32 Å². The molecule has 0 bridgehead atoms. The van der Waals surface area contributed by atoms with Crippen molar-refractivity contribution in [3.05, 3.63) is 53.5 Å². The standard InChI is InChI=1S/C17H21NO3/c19-16(11-20-12-17-5-2-8-21-17)10-18-15-7-6-13-3-1-4-14(13)9-15/h2,5-9,16,18-19H,1,3-4,10-12H2. The summed E-state index contributed by atoms with van der Waals surface area (Å²) in [4.78, 5) is 0. The Morgan fingerprint density at radius 3 is 3.00 bits per heavy atom. The van der Waals surface area contributed by atoms with E-state index in [1.54, 1.807) is 6.26 Å². The zero-order valence-electron chi connectivity index (χ0n) is 12.0. The van der Waals surface area contributed by atoms with E-state index in [9.17, 15) is 5.11 Å². The average molecular weight is 287 g/mol. The lowest BCUT2D eigenvalue weighted by atomic mass is 10.1. The van der Waals surface area contributed by atoms with E-state index in [0.717, 1.165) is 11.4 Å². The minimum absolute atomic E-state index is 0.290. The number of nitrogens with one attached hydrogen (secondary N) is 1. The van der Waals surface area contributed by atoms with Crippen LogP contribution >= 0.6 is 0 Å². The summed E-state index contributed by atoms with van der Waals surface area (Å²) < 4.78 is 10.6. The number of aryl methyl sites for hydroxylation is 2. The Hall–Kier alpha value is -1.78. The highest BCUT2D eigenvalue weighted by Crippen LogP contribution is 2.24. The maximum atomic E-state index is 9.91. The smallest absolute Gasteiger partial charge is 0.129 e. The average Bonchev–Trinajstić information content (AvgIpc) is 3.15. The molecule has 0 saturated heterocycles. The molecule has 1 aliphatic rings. The Balaban J connectivity index is 1.40. The summed E-state index contributed by atoms with van der Waals surface area (Å²) in [6.07, 6.45) is 4.69. The molecule has 1 aromatic carbocycles. The van der Waals surface area contributed by atoms with Crippen molar-refractivity contribution in [2.45, 2.75) is 32.0 Å². The van der Waals surface area contributed by atoms with Gasteiger partial charge in [-0.05, 0) is 54.7 Å². The topological polar surface area (TPSA) is 54.6 Å². The van der Waals surface area contributed by atoms with Gasteiger partial charge in [0.1, 0.15) is 12.4 Å². The highest BCUT2D eigenvalue weighted by atomic mass is 16.5. The first-order valence-corrected chi connectivity index (χ1v) is 7.45. The Bertz CT molecular complexity index is 565. The lowest BCUT2D eigenvalue weighted by Gasteiger charge is -2.13. The van der Waals surface area contributed by atoms with Gasteiger partial charge in [0.15, 0.2) is 0 Å². The van der Waals surface area contributed by atoms with Crippen LogP contribution in [-0.2, 0) is 24.2 Å². The van der Waals surface area contributed by atoms with Gasteiger partial charge in [-0.25, -0.2) is 0 Å². The van der Waals surface area contributed by atoms with Gasteiger partial charge in [-0.2, -0.15) is 0 Å². The van der Waals surface area contributed by atoms with Gasteiger partial charge in [0.2, 0.25) is 0 Å². The summed E-state index contributed by atoms with van der Waals surface area (Å²) in [7, 11) is 0. The fourth-order valence-corrected chi connectivity index (χ4v) is 2.67. The van der Waals surface area contributed by atoms with E-state index >= 15 is 0 Å².